The summed E-state index contributed by atoms with van der Waals surface area (Å²) in [4.78, 5) is 21.1. The van der Waals surface area contributed by atoms with Gasteiger partial charge < -0.3 is 5.11 Å². The molecule has 0 aliphatic rings. The average Bonchev–Trinajstić information content (AvgIpc) is 3.29. The lowest BCUT2D eigenvalue weighted by Gasteiger charge is -2.05. The summed E-state index contributed by atoms with van der Waals surface area (Å²) in [5.74, 6) is -0.873. The zero-order chi connectivity index (χ0) is 20.7. The molecule has 2 heterocycles. The van der Waals surface area contributed by atoms with Crippen LogP contribution in [0.3, 0.4) is 0 Å². The van der Waals surface area contributed by atoms with Crippen LogP contribution >= 0.6 is 11.3 Å². The van der Waals surface area contributed by atoms with E-state index < -0.39 is 5.97 Å². The lowest BCUT2D eigenvalue weighted by atomic mass is 10.0. The predicted molar refractivity (Wildman–Crippen MR) is 114 cm³/mol. The van der Waals surface area contributed by atoms with E-state index >= 15 is 0 Å². The van der Waals surface area contributed by atoms with E-state index in [0.717, 1.165) is 21.7 Å². The maximum atomic E-state index is 11.7. The van der Waals surface area contributed by atoms with Gasteiger partial charge in [0.05, 0.1) is 17.8 Å². The second-order valence-electron chi connectivity index (χ2n) is 7.11. The Kier molecular flexibility index (Phi) is 4.65. The van der Waals surface area contributed by atoms with Gasteiger partial charge in [0.2, 0.25) is 5.13 Å². The Hall–Kier alpha value is -3.50. The Balaban J connectivity index is 1.96. The molecule has 0 spiro atoms. The summed E-state index contributed by atoms with van der Waals surface area (Å²) < 4.78 is 1.57. The number of thiazole rings is 1. The standard InChI is InChI=1S/C22H18N4O2S/c1-12(2)20-18(14-7-5-6-13(3)10-14)24-22(29-20)26-17-9-8-15(23-4)11-16(17)19(25-26)21(27)28/h5-12H,1-3H3,(H,27,28). The van der Waals surface area contributed by atoms with E-state index in [-0.39, 0.29) is 11.6 Å². The van der Waals surface area contributed by atoms with Crippen LogP contribution in [0.2, 0.25) is 0 Å². The number of rotatable bonds is 4. The second-order valence-corrected chi connectivity index (χ2v) is 8.12. The van der Waals surface area contributed by atoms with Crippen molar-refractivity contribution < 1.29 is 9.90 Å². The van der Waals surface area contributed by atoms with Gasteiger partial charge in [0.1, 0.15) is 0 Å². The number of fused-ring (bicyclic) bond motifs is 1. The molecule has 7 heteroatoms. The molecule has 0 radical (unpaired) electrons. The summed E-state index contributed by atoms with van der Waals surface area (Å²) in [5.41, 5.74) is 3.99. The molecule has 6 nitrogen and oxygen atoms in total. The molecule has 4 aromatic rings. The fraction of sp³-hybridized carbons (Fsp3) is 0.182. The van der Waals surface area contributed by atoms with Crippen LogP contribution in [-0.4, -0.2) is 25.8 Å². The minimum atomic E-state index is -1.13. The van der Waals surface area contributed by atoms with E-state index in [9.17, 15) is 9.90 Å². The highest BCUT2D eigenvalue weighted by molar-refractivity contribution is 7.14. The molecule has 0 bridgehead atoms. The maximum absolute atomic E-state index is 11.7. The minimum absolute atomic E-state index is 0.0797. The smallest absolute Gasteiger partial charge is 0.357 e. The summed E-state index contributed by atoms with van der Waals surface area (Å²) in [6.07, 6.45) is 0. The molecule has 1 N–H and O–H groups in total. The molecule has 0 aliphatic carbocycles. The average molecular weight is 402 g/mol. The van der Waals surface area contributed by atoms with E-state index in [1.54, 1.807) is 22.9 Å². The van der Waals surface area contributed by atoms with Crippen LogP contribution < -0.4 is 0 Å². The molecule has 0 saturated carbocycles. The number of benzene rings is 2. The van der Waals surface area contributed by atoms with Crippen molar-refractivity contribution in [2.45, 2.75) is 26.7 Å². The van der Waals surface area contributed by atoms with Gasteiger partial charge in [-0.3, -0.25) is 0 Å². The number of carbonyl (C=O) groups is 1. The summed E-state index contributed by atoms with van der Waals surface area (Å²) in [5, 5.41) is 15.0. The Labute approximate surface area is 171 Å². The number of carboxylic acid groups (broad SMARTS) is 1. The van der Waals surface area contributed by atoms with Gasteiger partial charge in [-0.2, -0.15) is 5.10 Å². The quantitative estimate of drug-likeness (QED) is 0.436. The molecule has 0 fully saturated rings. The maximum Gasteiger partial charge on any atom is 0.357 e. The topological polar surface area (TPSA) is 72.4 Å². The fourth-order valence-corrected chi connectivity index (χ4v) is 4.34. The zero-order valence-electron chi connectivity index (χ0n) is 16.2. The number of hydrogen-bond donors (Lipinski definition) is 1. The second kappa shape index (κ2) is 7.15. The van der Waals surface area contributed by atoms with Crippen molar-refractivity contribution in [1.29, 1.82) is 0 Å². The lowest BCUT2D eigenvalue weighted by Crippen LogP contribution is -2.01. The number of nitrogens with zero attached hydrogens (tertiary/aromatic N) is 4. The highest BCUT2D eigenvalue weighted by Gasteiger charge is 2.22. The molecule has 0 aliphatic heterocycles. The van der Waals surface area contributed by atoms with Gasteiger partial charge in [0.25, 0.3) is 0 Å². The molecule has 0 atom stereocenters. The number of aryl methyl sites for hydroxylation is 1. The Morgan fingerprint density at radius 3 is 2.69 bits per heavy atom. The van der Waals surface area contributed by atoms with Crippen molar-refractivity contribution in [3.05, 3.63) is 70.0 Å². The molecule has 4 rings (SSSR count). The largest absolute Gasteiger partial charge is 0.476 e. The number of aromatic nitrogens is 3. The normalized spacial score (nSPS) is 11.1. The molecular formula is C22H18N4O2S. The molecule has 144 valence electrons. The van der Waals surface area contributed by atoms with Crippen LogP contribution in [0.4, 0.5) is 5.69 Å². The zero-order valence-corrected chi connectivity index (χ0v) is 17.0. The summed E-state index contributed by atoms with van der Waals surface area (Å²) in [6, 6.07) is 13.1. The Bertz CT molecular complexity index is 1290. The van der Waals surface area contributed by atoms with Crippen LogP contribution in [0.25, 0.3) is 32.1 Å². The number of hydrogen-bond acceptors (Lipinski definition) is 4. The first-order chi connectivity index (χ1) is 13.9. The van der Waals surface area contributed by atoms with Crippen molar-refractivity contribution >= 4 is 33.9 Å². The van der Waals surface area contributed by atoms with Crippen molar-refractivity contribution in [2.24, 2.45) is 0 Å². The van der Waals surface area contributed by atoms with Crippen LogP contribution in [0.15, 0.2) is 42.5 Å². The molecule has 0 amide bonds. The SMILES string of the molecule is [C-]#[N+]c1ccc2c(c1)c(C(=O)O)nn2-c1nc(-c2cccc(C)c2)c(C(C)C)s1. The number of carboxylic acids is 1. The van der Waals surface area contributed by atoms with Gasteiger partial charge in [-0.05, 0) is 31.0 Å². The Morgan fingerprint density at radius 1 is 1.24 bits per heavy atom. The fourth-order valence-electron chi connectivity index (χ4n) is 3.28. The minimum Gasteiger partial charge on any atom is -0.476 e. The number of aromatic carboxylic acids is 1. The monoisotopic (exact) mass is 402 g/mol. The van der Waals surface area contributed by atoms with Gasteiger partial charge in [-0.15, -0.1) is 0 Å². The third kappa shape index (κ3) is 3.28. The first kappa shape index (κ1) is 18.8. The molecule has 0 saturated heterocycles. The molecule has 0 unspecified atom stereocenters. The van der Waals surface area contributed by atoms with E-state index in [1.807, 2.05) is 25.1 Å². The van der Waals surface area contributed by atoms with Gasteiger partial charge in [-0.1, -0.05) is 55.0 Å². The molecule has 2 aromatic heterocycles. The predicted octanol–water partition coefficient (Wildman–Crippen LogP) is 5.83. The van der Waals surface area contributed by atoms with Gasteiger partial charge in [0.15, 0.2) is 11.4 Å². The molecular weight excluding hydrogens is 384 g/mol. The van der Waals surface area contributed by atoms with Gasteiger partial charge in [-0.25, -0.2) is 19.3 Å². The van der Waals surface area contributed by atoms with Crippen LogP contribution in [-0.2, 0) is 0 Å². The molecule has 29 heavy (non-hydrogen) atoms. The van der Waals surface area contributed by atoms with E-state index in [0.29, 0.717) is 21.7 Å². The van der Waals surface area contributed by atoms with Gasteiger partial charge in [0, 0.05) is 15.8 Å². The van der Waals surface area contributed by atoms with Crippen LogP contribution in [0.1, 0.15) is 40.7 Å². The van der Waals surface area contributed by atoms with Crippen LogP contribution in [0, 0.1) is 13.5 Å². The van der Waals surface area contributed by atoms with Crippen molar-refractivity contribution in [3.8, 4) is 16.4 Å². The highest BCUT2D eigenvalue weighted by atomic mass is 32.1. The summed E-state index contributed by atoms with van der Waals surface area (Å²) in [7, 11) is 0. The highest BCUT2D eigenvalue weighted by Crippen LogP contribution is 2.37. The van der Waals surface area contributed by atoms with E-state index in [2.05, 4.69) is 29.9 Å². The van der Waals surface area contributed by atoms with Crippen molar-refractivity contribution in [2.75, 3.05) is 0 Å². The van der Waals surface area contributed by atoms with Crippen LogP contribution in [0.5, 0.6) is 0 Å². The summed E-state index contributed by atoms with van der Waals surface area (Å²) >= 11 is 1.51. The first-order valence-electron chi connectivity index (χ1n) is 9.10. The third-order valence-corrected chi connectivity index (χ3v) is 5.97. The lowest BCUT2D eigenvalue weighted by molar-refractivity contribution is 0.0692. The van der Waals surface area contributed by atoms with Crippen molar-refractivity contribution in [3.63, 3.8) is 0 Å². The van der Waals surface area contributed by atoms with Gasteiger partial charge >= 0.3 is 5.97 Å². The van der Waals surface area contributed by atoms with E-state index in [1.165, 1.54) is 11.3 Å². The van der Waals surface area contributed by atoms with E-state index in [4.69, 9.17) is 11.6 Å². The third-order valence-electron chi connectivity index (χ3n) is 4.63. The molecule has 2 aromatic carbocycles. The first-order valence-corrected chi connectivity index (χ1v) is 9.92. The summed E-state index contributed by atoms with van der Waals surface area (Å²) in [6.45, 7) is 13.5. The van der Waals surface area contributed by atoms with Crippen molar-refractivity contribution in [1.82, 2.24) is 14.8 Å². The Morgan fingerprint density at radius 2 is 2.03 bits per heavy atom.